The van der Waals surface area contributed by atoms with Crippen molar-refractivity contribution in [2.45, 2.75) is 39.0 Å². The quantitative estimate of drug-likeness (QED) is 0.601. The predicted molar refractivity (Wildman–Crippen MR) is 70.6 cm³/mol. The van der Waals surface area contributed by atoms with Crippen LogP contribution in [0.5, 0.6) is 0 Å². The van der Waals surface area contributed by atoms with Crippen molar-refractivity contribution in [2.75, 3.05) is 6.54 Å². The molecule has 0 saturated carbocycles. The van der Waals surface area contributed by atoms with Crippen molar-refractivity contribution >= 4 is 14.0 Å². The van der Waals surface area contributed by atoms with Crippen LogP contribution in [0.15, 0.2) is 12.4 Å². The van der Waals surface area contributed by atoms with Crippen molar-refractivity contribution in [1.82, 2.24) is 10.3 Å². The van der Waals surface area contributed by atoms with Crippen molar-refractivity contribution in [3.8, 4) is 0 Å². The minimum absolute atomic E-state index is 0.0364. The van der Waals surface area contributed by atoms with Gasteiger partial charge in [-0.15, -0.1) is 0 Å². The smallest absolute Gasteiger partial charge is 0.253 e. The molecule has 0 unspecified atom stereocenters. The van der Waals surface area contributed by atoms with Crippen molar-refractivity contribution in [3.63, 3.8) is 0 Å². The Labute approximate surface area is 98.7 Å². The molecule has 0 bridgehead atoms. The zero-order valence-corrected chi connectivity index (χ0v) is 11.7. The van der Waals surface area contributed by atoms with Gasteiger partial charge >= 0.3 is 0 Å². The monoisotopic (exact) mass is 238 g/mol. The molecule has 4 heteroatoms. The van der Waals surface area contributed by atoms with Gasteiger partial charge in [0.1, 0.15) is 0 Å². The normalized spacial score (nSPS) is 11.5. The van der Waals surface area contributed by atoms with Gasteiger partial charge in [-0.25, -0.2) is 0 Å². The molecule has 1 heterocycles. The third-order valence-corrected chi connectivity index (χ3v) is 4.44. The second kappa shape index (κ2) is 5.34. The molecule has 0 fully saturated rings. The predicted octanol–water partition coefficient (Wildman–Crippen LogP) is 2.78. The Balaban J connectivity index is 2.29. The number of aromatic nitrogens is 1. The first-order chi connectivity index (χ1) is 7.40. The summed E-state index contributed by atoms with van der Waals surface area (Å²) in [6.45, 7) is 9.78. The first-order valence-corrected chi connectivity index (χ1v) is 9.52. The first kappa shape index (κ1) is 13.0. The number of carbonyl (C=O) groups excluding carboxylic acids is 1. The molecule has 2 N–H and O–H groups in total. The van der Waals surface area contributed by atoms with E-state index in [9.17, 15) is 4.79 Å². The van der Waals surface area contributed by atoms with Crippen LogP contribution < -0.4 is 5.32 Å². The topological polar surface area (TPSA) is 44.9 Å². The Morgan fingerprint density at radius 2 is 2.06 bits per heavy atom. The van der Waals surface area contributed by atoms with Crippen molar-refractivity contribution in [1.29, 1.82) is 0 Å². The number of hydrogen-bond donors (Lipinski definition) is 2. The Morgan fingerprint density at radius 3 is 2.56 bits per heavy atom. The lowest BCUT2D eigenvalue weighted by atomic mass is 10.2. The molecule has 0 saturated heterocycles. The van der Waals surface area contributed by atoms with E-state index in [2.05, 4.69) is 29.9 Å². The molecule has 0 aliphatic carbocycles. The minimum Gasteiger partial charge on any atom is -0.367 e. The summed E-state index contributed by atoms with van der Waals surface area (Å²) in [7, 11) is -0.964. The summed E-state index contributed by atoms with van der Waals surface area (Å²) >= 11 is 0. The molecule has 16 heavy (non-hydrogen) atoms. The van der Waals surface area contributed by atoms with Gasteiger partial charge in [0.05, 0.1) is 5.56 Å². The van der Waals surface area contributed by atoms with E-state index in [1.54, 1.807) is 6.20 Å². The second-order valence-electron chi connectivity index (χ2n) is 5.47. The molecule has 1 amide bonds. The average molecular weight is 238 g/mol. The summed E-state index contributed by atoms with van der Waals surface area (Å²) in [6.07, 6.45) is 4.69. The van der Waals surface area contributed by atoms with Crippen LogP contribution in [0.25, 0.3) is 0 Å². The summed E-state index contributed by atoms with van der Waals surface area (Å²) in [4.78, 5) is 14.7. The molecule has 3 nitrogen and oxygen atoms in total. The van der Waals surface area contributed by atoms with Crippen molar-refractivity contribution < 1.29 is 4.79 Å². The van der Waals surface area contributed by atoms with Crippen LogP contribution in [-0.4, -0.2) is 25.5 Å². The molecular weight excluding hydrogens is 216 g/mol. The van der Waals surface area contributed by atoms with E-state index >= 15 is 0 Å². The summed E-state index contributed by atoms with van der Waals surface area (Å²) in [5.41, 5.74) is 1.76. The van der Waals surface area contributed by atoms with Gasteiger partial charge in [0, 0.05) is 27.0 Å². The summed E-state index contributed by atoms with van der Waals surface area (Å²) in [5, 5.41) is 2.96. The molecule has 0 aromatic carbocycles. The summed E-state index contributed by atoms with van der Waals surface area (Å²) in [6, 6.07) is 1.26. The summed E-state index contributed by atoms with van der Waals surface area (Å²) < 4.78 is 0. The Hall–Kier alpha value is -1.03. The van der Waals surface area contributed by atoms with Crippen molar-refractivity contribution in [3.05, 3.63) is 23.5 Å². The highest BCUT2D eigenvalue weighted by atomic mass is 28.3. The van der Waals surface area contributed by atoms with Gasteiger partial charge in [-0.3, -0.25) is 4.79 Å². The van der Waals surface area contributed by atoms with E-state index in [1.807, 2.05) is 13.1 Å². The van der Waals surface area contributed by atoms with E-state index < -0.39 is 8.07 Å². The number of aromatic amines is 1. The maximum Gasteiger partial charge on any atom is 0.253 e. The SMILES string of the molecule is Cc1c[nH]cc1C(=O)NCCC[Si](C)(C)C. The molecule has 1 aromatic rings. The van der Waals surface area contributed by atoms with Gasteiger partial charge in [-0.2, -0.15) is 0 Å². The van der Waals surface area contributed by atoms with Gasteiger partial charge in [0.15, 0.2) is 0 Å². The van der Waals surface area contributed by atoms with Crippen LogP contribution in [0.2, 0.25) is 25.7 Å². The van der Waals surface area contributed by atoms with Gasteiger partial charge < -0.3 is 10.3 Å². The van der Waals surface area contributed by atoms with Gasteiger partial charge in [-0.05, 0) is 18.9 Å². The van der Waals surface area contributed by atoms with Crippen LogP contribution in [0.1, 0.15) is 22.3 Å². The molecule has 1 rings (SSSR count). The third kappa shape index (κ3) is 4.22. The van der Waals surface area contributed by atoms with Crippen molar-refractivity contribution in [2.24, 2.45) is 0 Å². The van der Waals surface area contributed by atoms with E-state index in [-0.39, 0.29) is 5.91 Å². The molecule has 0 spiro atoms. The number of hydrogen-bond acceptors (Lipinski definition) is 1. The standard InChI is InChI=1S/C12H22N2OSi/c1-10-8-13-9-11(10)12(15)14-6-5-7-16(2,3)4/h8-9,13H,5-7H2,1-4H3,(H,14,15). The van der Waals surface area contributed by atoms with E-state index in [4.69, 9.17) is 0 Å². The van der Waals surface area contributed by atoms with E-state index in [0.29, 0.717) is 0 Å². The fourth-order valence-electron chi connectivity index (χ4n) is 1.60. The molecule has 1 aromatic heterocycles. The Bertz CT molecular complexity index is 352. The maximum atomic E-state index is 11.7. The fraction of sp³-hybridized carbons (Fsp3) is 0.583. The lowest BCUT2D eigenvalue weighted by molar-refractivity contribution is 0.0953. The number of aryl methyl sites for hydroxylation is 1. The van der Waals surface area contributed by atoms with E-state index in [0.717, 1.165) is 24.1 Å². The second-order valence-corrected chi connectivity index (χ2v) is 11.1. The van der Waals surface area contributed by atoms with Gasteiger partial charge in [0.25, 0.3) is 5.91 Å². The van der Waals surface area contributed by atoms with Gasteiger partial charge in [-0.1, -0.05) is 25.7 Å². The average Bonchev–Trinajstić information content (AvgIpc) is 2.57. The van der Waals surface area contributed by atoms with E-state index in [1.165, 1.54) is 6.04 Å². The van der Waals surface area contributed by atoms with Crippen LogP contribution in [0, 0.1) is 6.92 Å². The molecule has 0 radical (unpaired) electrons. The number of rotatable bonds is 5. The lowest BCUT2D eigenvalue weighted by Crippen LogP contribution is -2.27. The Morgan fingerprint density at radius 1 is 1.38 bits per heavy atom. The number of nitrogens with one attached hydrogen (secondary N) is 2. The highest BCUT2D eigenvalue weighted by Crippen LogP contribution is 2.10. The highest BCUT2D eigenvalue weighted by molar-refractivity contribution is 6.76. The number of amides is 1. The fourth-order valence-corrected chi connectivity index (χ4v) is 2.84. The molecule has 0 aliphatic heterocycles. The molecule has 0 atom stereocenters. The van der Waals surface area contributed by atoms with Gasteiger partial charge in [0.2, 0.25) is 0 Å². The maximum absolute atomic E-state index is 11.7. The zero-order chi connectivity index (χ0) is 12.2. The molecular formula is C12H22N2OSi. The van der Waals surface area contributed by atoms with Crippen LogP contribution in [0.3, 0.4) is 0 Å². The highest BCUT2D eigenvalue weighted by Gasteiger charge is 2.13. The lowest BCUT2D eigenvalue weighted by Gasteiger charge is -2.15. The molecule has 90 valence electrons. The van der Waals surface area contributed by atoms with Crippen LogP contribution in [-0.2, 0) is 0 Å². The largest absolute Gasteiger partial charge is 0.367 e. The third-order valence-electron chi connectivity index (χ3n) is 2.59. The Kier molecular flexibility index (Phi) is 4.35. The van der Waals surface area contributed by atoms with Crippen LogP contribution >= 0.6 is 0 Å². The zero-order valence-electron chi connectivity index (χ0n) is 10.7. The number of carbonyl (C=O) groups is 1. The molecule has 0 aliphatic rings. The number of H-pyrrole nitrogens is 1. The van der Waals surface area contributed by atoms with Crippen LogP contribution in [0.4, 0.5) is 0 Å². The first-order valence-electron chi connectivity index (χ1n) is 5.82. The minimum atomic E-state index is -0.964. The summed E-state index contributed by atoms with van der Waals surface area (Å²) in [5.74, 6) is 0.0364.